The Morgan fingerprint density at radius 3 is 1.81 bits per heavy atom. The van der Waals surface area contributed by atoms with Crippen molar-refractivity contribution in [2.24, 2.45) is 17.4 Å². The number of amides is 3. The lowest BCUT2D eigenvalue weighted by Gasteiger charge is -2.07. The van der Waals surface area contributed by atoms with Gasteiger partial charge in [0.25, 0.3) is 5.91 Å². The fourth-order valence-corrected chi connectivity index (χ4v) is 0.462. The van der Waals surface area contributed by atoms with Gasteiger partial charge in [0.05, 0.1) is 0 Å². The van der Waals surface area contributed by atoms with E-state index in [1.54, 1.807) is 19.2 Å². The third-order valence-corrected chi connectivity index (χ3v) is 1.41. The number of urea groups is 1. The highest BCUT2D eigenvalue weighted by molar-refractivity contribution is 5.93. The molecule has 0 saturated heterocycles. The van der Waals surface area contributed by atoms with Crippen molar-refractivity contribution in [2.45, 2.75) is 19.9 Å². The first-order chi connectivity index (χ1) is 7.22. The van der Waals surface area contributed by atoms with Gasteiger partial charge in [-0.2, -0.15) is 0 Å². The molecule has 1 unspecified atom stereocenters. The Hall–Kier alpha value is -1.67. The second-order valence-corrected chi connectivity index (χ2v) is 3.18. The Kier molecular flexibility index (Phi) is 9.03. The average molecular weight is 235 g/mol. The van der Waals surface area contributed by atoms with Gasteiger partial charge in [0.2, 0.25) is 0 Å². The van der Waals surface area contributed by atoms with E-state index in [4.69, 9.17) is 15.9 Å². The molecule has 16 heavy (non-hydrogen) atoms. The van der Waals surface area contributed by atoms with Crippen molar-refractivity contribution >= 4 is 17.9 Å². The zero-order valence-corrected chi connectivity index (χ0v) is 9.14. The predicted molar refractivity (Wildman–Crippen MR) is 55.3 cm³/mol. The van der Waals surface area contributed by atoms with Crippen molar-refractivity contribution in [2.75, 3.05) is 6.61 Å². The second-order valence-electron chi connectivity index (χ2n) is 3.18. The molecular weight excluding hydrogens is 218 g/mol. The molecule has 0 aromatic heterocycles. The molecule has 0 saturated carbocycles. The van der Waals surface area contributed by atoms with Gasteiger partial charge in [0.1, 0.15) is 12.6 Å². The number of aliphatic hydroxyl groups excluding tert-OH is 1. The Bertz CT molecular complexity index is 254. The smallest absolute Gasteiger partial charge is 0.320 e. The minimum atomic E-state index is -0.955. The van der Waals surface area contributed by atoms with Crippen molar-refractivity contribution in [3.63, 3.8) is 0 Å². The fraction of sp³-hybridized carbons (Fsp3) is 0.625. The monoisotopic (exact) mass is 235 g/mol. The van der Waals surface area contributed by atoms with Crippen LogP contribution in [-0.4, -0.2) is 40.8 Å². The topological polar surface area (TPSA) is 156 Å². The summed E-state index contributed by atoms with van der Waals surface area (Å²) in [4.78, 5) is 29.7. The van der Waals surface area contributed by atoms with E-state index in [0.717, 1.165) is 0 Å². The summed E-state index contributed by atoms with van der Waals surface area (Å²) >= 11 is 0. The van der Waals surface area contributed by atoms with Crippen LogP contribution in [0.4, 0.5) is 4.79 Å². The molecule has 0 heterocycles. The molecule has 0 aliphatic heterocycles. The molecule has 0 aliphatic carbocycles. The molecule has 0 aromatic rings. The van der Waals surface area contributed by atoms with Crippen LogP contribution in [0, 0.1) is 5.92 Å². The van der Waals surface area contributed by atoms with E-state index in [1.165, 1.54) is 0 Å². The highest BCUT2D eigenvalue weighted by atomic mass is 16.4. The molecular formula is C8H17N3O5. The second kappa shape index (κ2) is 8.62. The number of carboxylic acids is 1. The van der Waals surface area contributed by atoms with E-state index < -0.39 is 30.6 Å². The van der Waals surface area contributed by atoms with Crippen molar-refractivity contribution in [1.82, 2.24) is 5.32 Å². The van der Waals surface area contributed by atoms with E-state index in [1.807, 2.05) is 0 Å². The number of rotatable bonds is 3. The number of nitrogens with two attached hydrogens (primary N) is 2. The van der Waals surface area contributed by atoms with Gasteiger partial charge in [0.15, 0.2) is 0 Å². The molecule has 0 radical (unpaired) electrons. The third-order valence-electron chi connectivity index (χ3n) is 1.41. The molecule has 0 spiro atoms. The van der Waals surface area contributed by atoms with E-state index in [9.17, 15) is 14.4 Å². The number of aliphatic hydroxyl groups is 1. The first-order valence-corrected chi connectivity index (χ1v) is 4.40. The van der Waals surface area contributed by atoms with Crippen LogP contribution in [0.25, 0.3) is 0 Å². The van der Waals surface area contributed by atoms with Gasteiger partial charge in [-0.3, -0.25) is 14.9 Å². The summed E-state index contributed by atoms with van der Waals surface area (Å²) in [7, 11) is 0. The average Bonchev–Trinajstić information content (AvgIpc) is 2.16. The molecule has 1 atom stereocenters. The van der Waals surface area contributed by atoms with Gasteiger partial charge in [-0.25, -0.2) is 4.79 Å². The Morgan fingerprint density at radius 1 is 1.31 bits per heavy atom. The summed E-state index contributed by atoms with van der Waals surface area (Å²) in [6.45, 7) is 2.83. The van der Waals surface area contributed by atoms with Gasteiger partial charge in [-0.05, 0) is 5.92 Å². The first kappa shape index (κ1) is 16.7. The van der Waals surface area contributed by atoms with Crippen molar-refractivity contribution < 1.29 is 24.6 Å². The van der Waals surface area contributed by atoms with E-state index in [0.29, 0.717) is 0 Å². The van der Waals surface area contributed by atoms with Crippen LogP contribution >= 0.6 is 0 Å². The van der Waals surface area contributed by atoms with Crippen molar-refractivity contribution in [3.05, 3.63) is 0 Å². The van der Waals surface area contributed by atoms with Gasteiger partial charge >= 0.3 is 12.0 Å². The molecule has 0 aliphatic rings. The van der Waals surface area contributed by atoms with E-state index in [-0.39, 0.29) is 5.92 Å². The van der Waals surface area contributed by atoms with Crippen molar-refractivity contribution in [1.29, 1.82) is 0 Å². The first-order valence-electron chi connectivity index (χ1n) is 4.40. The predicted octanol–water partition coefficient (Wildman–Crippen LogP) is -1.77. The molecule has 0 fully saturated rings. The van der Waals surface area contributed by atoms with Crippen LogP contribution in [0.1, 0.15) is 13.8 Å². The number of carbonyl (C=O) groups is 3. The lowest BCUT2D eigenvalue weighted by Crippen LogP contribution is -2.36. The summed E-state index contributed by atoms with van der Waals surface area (Å²) in [5.41, 5.74) is 9.65. The molecule has 94 valence electrons. The number of primary amides is 1. The largest absolute Gasteiger partial charge is 0.480 e. The highest BCUT2D eigenvalue weighted by Gasteiger charge is 2.14. The molecule has 7 N–H and O–H groups in total. The standard InChI is InChI=1S/C5H11NO2.C3H6N2O3/c1-3(2)4(6)5(7)8;4-3(8)5-2(7)1-6/h3-4H,6H2,1-2H3,(H,7,8);6H,1H2,(H3,4,5,7,8). The zero-order valence-electron chi connectivity index (χ0n) is 9.14. The number of nitrogens with one attached hydrogen (secondary N) is 1. The van der Waals surface area contributed by atoms with Gasteiger partial charge in [-0.1, -0.05) is 13.8 Å². The number of aliphatic carboxylic acids is 1. The quantitative estimate of drug-likeness (QED) is 0.389. The molecule has 0 rings (SSSR count). The summed E-state index contributed by atoms with van der Waals surface area (Å²) in [5.74, 6) is -1.70. The van der Waals surface area contributed by atoms with Gasteiger partial charge in [-0.15, -0.1) is 0 Å². The molecule has 0 bridgehead atoms. The minimum Gasteiger partial charge on any atom is -0.480 e. The number of hydrogen-bond donors (Lipinski definition) is 5. The van der Waals surface area contributed by atoms with Crippen LogP contribution < -0.4 is 16.8 Å². The minimum absolute atomic E-state index is 0.0208. The highest BCUT2D eigenvalue weighted by Crippen LogP contribution is 1.96. The summed E-state index contributed by atoms with van der Waals surface area (Å²) in [6, 6.07) is -1.67. The molecule has 0 aromatic carbocycles. The van der Waals surface area contributed by atoms with E-state index in [2.05, 4.69) is 5.73 Å². The number of carboxylic acid groups (broad SMARTS) is 1. The molecule has 3 amide bonds. The van der Waals surface area contributed by atoms with E-state index >= 15 is 0 Å². The van der Waals surface area contributed by atoms with Crippen LogP contribution in [0.2, 0.25) is 0 Å². The number of imide groups is 1. The Labute approximate surface area is 92.6 Å². The maximum atomic E-state index is 10.0. The molecule has 8 heteroatoms. The number of hydrogen-bond acceptors (Lipinski definition) is 5. The van der Waals surface area contributed by atoms with Gasteiger partial charge < -0.3 is 21.7 Å². The lowest BCUT2D eigenvalue weighted by molar-refractivity contribution is -0.139. The van der Waals surface area contributed by atoms with Crippen LogP contribution in [0.3, 0.4) is 0 Å². The zero-order chi connectivity index (χ0) is 13.3. The van der Waals surface area contributed by atoms with Crippen molar-refractivity contribution in [3.8, 4) is 0 Å². The summed E-state index contributed by atoms with van der Waals surface area (Å²) in [5, 5.41) is 17.8. The summed E-state index contributed by atoms with van der Waals surface area (Å²) in [6.07, 6.45) is 0. The maximum Gasteiger partial charge on any atom is 0.320 e. The van der Waals surface area contributed by atoms with Crippen LogP contribution in [0.5, 0.6) is 0 Å². The fourth-order valence-electron chi connectivity index (χ4n) is 0.462. The van der Waals surface area contributed by atoms with Crippen LogP contribution in [-0.2, 0) is 9.59 Å². The normalized spacial score (nSPS) is 11.1. The summed E-state index contributed by atoms with van der Waals surface area (Å²) < 4.78 is 0. The Morgan fingerprint density at radius 2 is 1.75 bits per heavy atom. The lowest BCUT2D eigenvalue weighted by atomic mass is 10.1. The Balaban J connectivity index is 0. The number of carbonyl (C=O) groups excluding carboxylic acids is 2. The third kappa shape index (κ3) is 10.4. The van der Waals surface area contributed by atoms with Crippen LogP contribution in [0.15, 0.2) is 0 Å². The van der Waals surface area contributed by atoms with Gasteiger partial charge in [0, 0.05) is 0 Å². The SMILES string of the molecule is CC(C)C(N)C(=O)O.NC(=O)NC(=O)CO. The maximum absolute atomic E-state index is 10.0. The molecule has 8 nitrogen and oxygen atoms in total.